The summed E-state index contributed by atoms with van der Waals surface area (Å²) < 4.78 is 31.1. The van der Waals surface area contributed by atoms with E-state index in [4.69, 9.17) is 4.74 Å². The Bertz CT molecular complexity index is 794. The summed E-state index contributed by atoms with van der Waals surface area (Å²) in [5, 5.41) is 13.9. The lowest BCUT2D eigenvalue weighted by molar-refractivity contribution is -0.384. The van der Waals surface area contributed by atoms with Gasteiger partial charge in [-0.05, 0) is 25.3 Å². The van der Waals surface area contributed by atoms with Crippen LogP contribution in [0.5, 0.6) is 5.75 Å². The van der Waals surface area contributed by atoms with Crippen LogP contribution >= 0.6 is 0 Å². The number of benzene rings is 1. The number of methoxy groups -OCH3 is 1. The van der Waals surface area contributed by atoms with Gasteiger partial charge in [0.05, 0.1) is 18.3 Å². The number of non-ortho nitro benzene ring substituents is 1. The molecule has 0 saturated carbocycles. The lowest BCUT2D eigenvalue weighted by atomic mass is 10.1. The molecule has 0 aromatic heterocycles. The Morgan fingerprint density at radius 1 is 1.33 bits per heavy atom. The van der Waals surface area contributed by atoms with Crippen molar-refractivity contribution in [2.45, 2.75) is 46.2 Å². The molecule has 0 saturated heterocycles. The van der Waals surface area contributed by atoms with E-state index in [-0.39, 0.29) is 35.5 Å². The van der Waals surface area contributed by atoms with Gasteiger partial charge in [-0.25, -0.2) is 8.42 Å². The van der Waals surface area contributed by atoms with Crippen molar-refractivity contribution in [3.05, 3.63) is 28.3 Å². The molecule has 0 aliphatic heterocycles. The SMILES string of the molecule is CC[C@H](C(=O)N[C@@H](C)C(C)C)N(c1cc([N+](=O)[O-])ccc1OC)S(C)(=O)=O. The summed E-state index contributed by atoms with van der Waals surface area (Å²) >= 11 is 0. The van der Waals surface area contributed by atoms with Gasteiger partial charge in [0.2, 0.25) is 15.9 Å². The summed E-state index contributed by atoms with van der Waals surface area (Å²) in [5.74, 6) is -0.197. The molecule has 0 spiro atoms. The predicted octanol–water partition coefficient (Wildman–Crippen LogP) is 2.31. The third-order valence-electron chi connectivity index (χ3n) is 4.31. The summed E-state index contributed by atoms with van der Waals surface area (Å²) in [6, 6.07) is 2.39. The summed E-state index contributed by atoms with van der Waals surface area (Å²) in [6.07, 6.45) is 1.13. The molecular formula is C17H27N3O6S. The van der Waals surface area contributed by atoms with Gasteiger partial charge in [-0.1, -0.05) is 20.8 Å². The number of hydrogen-bond acceptors (Lipinski definition) is 6. The van der Waals surface area contributed by atoms with E-state index in [1.165, 1.54) is 19.2 Å². The van der Waals surface area contributed by atoms with Crippen LogP contribution in [0.15, 0.2) is 18.2 Å². The largest absolute Gasteiger partial charge is 0.495 e. The summed E-state index contributed by atoms with van der Waals surface area (Å²) in [6.45, 7) is 7.37. The van der Waals surface area contributed by atoms with E-state index in [0.717, 1.165) is 16.6 Å². The van der Waals surface area contributed by atoms with E-state index in [1.54, 1.807) is 6.92 Å². The third kappa shape index (κ3) is 5.56. The van der Waals surface area contributed by atoms with Crippen LogP contribution in [0.4, 0.5) is 11.4 Å². The average molecular weight is 401 g/mol. The maximum atomic E-state index is 12.8. The molecule has 0 aliphatic rings. The second kappa shape index (κ2) is 9.03. The van der Waals surface area contributed by atoms with E-state index >= 15 is 0 Å². The number of carbonyl (C=O) groups is 1. The van der Waals surface area contributed by atoms with E-state index in [2.05, 4.69) is 5.32 Å². The van der Waals surface area contributed by atoms with Gasteiger partial charge in [-0.3, -0.25) is 19.2 Å². The van der Waals surface area contributed by atoms with E-state index < -0.39 is 26.9 Å². The number of sulfonamides is 1. The first-order valence-electron chi connectivity index (χ1n) is 8.56. The molecule has 10 heteroatoms. The molecule has 0 unspecified atom stereocenters. The summed E-state index contributed by atoms with van der Waals surface area (Å²) in [7, 11) is -2.61. The molecule has 0 fully saturated rings. The van der Waals surface area contributed by atoms with Crippen LogP contribution in [-0.2, 0) is 14.8 Å². The second-order valence-electron chi connectivity index (χ2n) is 6.64. The molecule has 0 radical (unpaired) electrons. The fourth-order valence-electron chi connectivity index (χ4n) is 2.49. The fourth-order valence-corrected chi connectivity index (χ4v) is 3.69. The average Bonchev–Trinajstić information content (AvgIpc) is 2.57. The number of nitrogens with zero attached hydrogens (tertiary/aromatic N) is 2. The highest BCUT2D eigenvalue weighted by Crippen LogP contribution is 2.35. The third-order valence-corrected chi connectivity index (χ3v) is 5.48. The van der Waals surface area contributed by atoms with Gasteiger partial charge < -0.3 is 10.1 Å². The number of rotatable bonds is 9. The lowest BCUT2D eigenvalue weighted by Crippen LogP contribution is -2.52. The number of nitro groups is 1. The Kier molecular flexibility index (Phi) is 7.58. The minimum atomic E-state index is -3.94. The van der Waals surface area contributed by atoms with Gasteiger partial charge in [-0.15, -0.1) is 0 Å². The zero-order valence-corrected chi connectivity index (χ0v) is 17.2. The first kappa shape index (κ1) is 22.7. The molecule has 152 valence electrons. The minimum absolute atomic E-state index is 0.0478. The molecule has 1 amide bonds. The van der Waals surface area contributed by atoms with Crippen molar-refractivity contribution in [2.75, 3.05) is 17.7 Å². The normalized spacial score (nSPS) is 13.7. The Labute approximate surface area is 159 Å². The van der Waals surface area contributed by atoms with Gasteiger partial charge in [0, 0.05) is 18.2 Å². The number of amides is 1. The van der Waals surface area contributed by atoms with Gasteiger partial charge in [-0.2, -0.15) is 0 Å². The number of anilines is 1. The Balaban J connectivity index is 3.51. The van der Waals surface area contributed by atoms with Crippen LogP contribution in [0.25, 0.3) is 0 Å². The van der Waals surface area contributed by atoms with Crippen molar-refractivity contribution in [1.29, 1.82) is 0 Å². The van der Waals surface area contributed by atoms with Crippen LogP contribution in [0, 0.1) is 16.0 Å². The Morgan fingerprint density at radius 2 is 1.93 bits per heavy atom. The smallest absolute Gasteiger partial charge is 0.271 e. The van der Waals surface area contributed by atoms with Crippen LogP contribution in [0.3, 0.4) is 0 Å². The van der Waals surface area contributed by atoms with Gasteiger partial charge in [0.1, 0.15) is 17.5 Å². The summed E-state index contributed by atoms with van der Waals surface area (Å²) in [4.78, 5) is 23.3. The Hall–Kier alpha value is -2.36. The fraction of sp³-hybridized carbons (Fsp3) is 0.588. The van der Waals surface area contributed by atoms with Crippen molar-refractivity contribution < 1.29 is 22.9 Å². The standard InChI is InChI=1S/C17H27N3O6S/c1-7-14(17(21)18-12(4)11(2)3)19(27(6,24)25)15-10-13(20(22)23)8-9-16(15)26-5/h8-12,14H,7H2,1-6H3,(H,18,21)/t12-,14+/m0/s1. The van der Waals surface area contributed by atoms with E-state index in [1.807, 2.05) is 20.8 Å². The summed E-state index contributed by atoms with van der Waals surface area (Å²) in [5.41, 5.74) is -0.348. The number of ether oxygens (including phenoxy) is 1. The van der Waals surface area contributed by atoms with Crippen LogP contribution in [0.1, 0.15) is 34.1 Å². The number of carbonyl (C=O) groups excluding carboxylic acids is 1. The number of nitro benzene ring substituents is 1. The topological polar surface area (TPSA) is 119 Å². The molecule has 0 aliphatic carbocycles. The molecule has 1 rings (SSSR count). The van der Waals surface area contributed by atoms with Crippen molar-refractivity contribution in [2.24, 2.45) is 5.92 Å². The predicted molar refractivity (Wildman–Crippen MR) is 103 cm³/mol. The molecule has 27 heavy (non-hydrogen) atoms. The monoisotopic (exact) mass is 401 g/mol. The quantitative estimate of drug-likeness (QED) is 0.501. The minimum Gasteiger partial charge on any atom is -0.495 e. The van der Waals surface area contributed by atoms with E-state index in [9.17, 15) is 23.3 Å². The van der Waals surface area contributed by atoms with Crippen molar-refractivity contribution >= 4 is 27.3 Å². The molecule has 1 aromatic rings. The van der Waals surface area contributed by atoms with Crippen molar-refractivity contribution in [1.82, 2.24) is 5.32 Å². The molecule has 2 atom stereocenters. The van der Waals surface area contributed by atoms with Crippen LogP contribution in [0.2, 0.25) is 0 Å². The molecular weight excluding hydrogens is 374 g/mol. The van der Waals surface area contributed by atoms with Gasteiger partial charge in [0.15, 0.2) is 0 Å². The highest BCUT2D eigenvalue weighted by Gasteiger charge is 2.35. The lowest BCUT2D eigenvalue weighted by Gasteiger charge is -2.32. The van der Waals surface area contributed by atoms with Crippen LogP contribution in [-0.4, -0.2) is 44.7 Å². The highest BCUT2D eigenvalue weighted by molar-refractivity contribution is 7.92. The number of nitrogens with one attached hydrogen (secondary N) is 1. The van der Waals surface area contributed by atoms with E-state index in [0.29, 0.717) is 0 Å². The van der Waals surface area contributed by atoms with Gasteiger partial charge in [0.25, 0.3) is 5.69 Å². The van der Waals surface area contributed by atoms with Crippen molar-refractivity contribution in [3.8, 4) is 5.75 Å². The zero-order valence-electron chi connectivity index (χ0n) is 16.4. The maximum Gasteiger partial charge on any atom is 0.271 e. The first-order valence-corrected chi connectivity index (χ1v) is 10.4. The maximum absolute atomic E-state index is 12.8. The van der Waals surface area contributed by atoms with Crippen LogP contribution < -0.4 is 14.4 Å². The van der Waals surface area contributed by atoms with Gasteiger partial charge >= 0.3 is 0 Å². The Morgan fingerprint density at radius 3 is 2.33 bits per heavy atom. The van der Waals surface area contributed by atoms with Crippen molar-refractivity contribution in [3.63, 3.8) is 0 Å². The molecule has 0 bridgehead atoms. The number of hydrogen-bond donors (Lipinski definition) is 1. The molecule has 1 aromatic carbocycles. The first-order chi connectivity index (χ1) is 12.4. The highest BCUT2D eigenvalue weighted by atomic mass is 32.2. The zero-order chi connectivity index (χ0) is 20.9. The second-order valence-corrected chi connectivity index (χ2v) is 8.50. The molecule has 9 nitrogen and oxygen atoms in total. The molecule has 0 heterocycles. The molecule has 1 N–H and O–H groups in total.